The molecule has 172 valence electrons. The molecule has 0 bridgehead atoms. The summed E-state index contributed by atoms with van der Waals surface area (Å²) in [5, 5.41) is 5.46. The molecule has 0 spiro atoms. The van der Waals surface area contributed by atoms with E-state index < -0.39 is 28.4 Å². The van der Waals surface area contributed by atoms with Gasteiger partial charge in [-0.25, -0.2) is 18.6 Å². The van der Waals surface area contributed by atoms with Crippen LogP contribution in [0.3, 0.4) is 0 Å². The molecule has 0 aliphatic carbocycles. The first-order chi connectivity index (χ1) is 15.8. The number of rotatable bonds is 9. The number of anilines is 1. The van der Waals surface area contributed by atoms with Crippen molar-refractivity contribution in [2.45, 2.75) is 0 Å². The van der Waals surface area contributed by atoms with Crippen LogP contribution in [0.15, 0.2) is 71.8 Å². The second kappa shape index (κ2) is 10.6. The Hall–Kier alpha value is -3.92. The maximum Gasteiger partial charge on any atom is 0.343 e. The summed E-state index contributed by atoms with van der Waals surface area (Å²) in [5.74, 6) is -0.694. The van der Waals surface area contributed by atoms with Gasteiger partial charge in [-0.05, 0) is 29.1 Å². The standard InChI is InChI=1S/C23H23N3O6S/c1-31-23(28)16-32-19-10-5-7-17(13-19)14-24-25-22(27)15-26(33(2,29)30)21-12-6-9-18-8-3-4-11-20(18)21/h3-14H,15-16H2,1-2H3,(H,25,27)/b24-14-. The summed E-state index contributed by atoms with van der Waals surface area (Å²) in [5.41, 5.74) is 3.35. The normalized spacial score (nSPS) is 11.3. The molecule has 9 nitrogen and oxygen atoms in total. The maximum atomic E-state index is 12.5. The molecule has 3 aromatic rings. The molecule has 3 aromatic carbocycles. The minimum absolute atomic E-state index is 0.233. The van der Waals surface area contributed by atoms with E-state index in [0.717, 1.165) is 15.9 Å². The summed E-state index contributed by atoms with van der Waals surface area (Å²) in [6.45, 7) is -0.671. The van der Waals surface area contributed by atoms with E-state index in [1.165, 1.54) is 13.3 Å². The highest BCUT2D eigenvalue weighted by molar-refractivity contribution is 7.92. The van der Waals surface area contributed by atoms with Crippen LogP contribution in [-0.2, 0) is 24.3 Å². The molecule has 3 rings (SSSR count). The SMILES string of the molecule is COC(=O)COc1cccc(/C=N\NC(=O)CN(c2cccc3ccccc23)S(C)(=O)=O)c1. The monoisotopic (exact) mass is 469 g/mol. The lowest BCUT2D eigenvalue weighted by Crippen LogP contribution is -2.39. The Balaban J connectivity index is 1.70. The highest BCUT2D eigenvalue weighted by Gasteiger charge is 2.22. The molecule has 1 N–H and O–H groups in total. The number of hydrazone groups is 1. The van der Waals surface area contributed by atoms with Crippen molar-refractivity contribution in [2.24, 2.45) is 5.10 Å². The van der Waals surface area contributed by atoms with Crippen molar-refractivity contribution in [3.05, 3.63) is 72.3 Å². The average Bonchev–Trinajstić information content (AvgIpc) is 2.80. The zero-order chi connectivity index (χ0) is 23.8. The van der Waals surface area contributed by atoms with Gasteiger partial charge in [-0.2, -0.15) is 5.10 Å². The van der Waals surface area contributed by atoms with E-state index in [-0.39, 0.29) is 6.61 Å². The lowest BCUT2D eigenvalue weighted by molar-refractivity contribution is -0.142. The number of carbonyl (C=O) groups is 2. The molecule has 0 saturated carbocycles. The molecule has 0 fully saturated rings. The number of sulfonamides is 1. The van der Waals surface area contributed by atoms with Crippen molar-refractivity contribution in [3.63, 3.8) is 0 Å². The van der Waals surface area contributed by atoms with Gasteiger partial charge < -0.3 is 9.47 Å². The Labute approximate surface area is 191 Å². The molecule has 0 saturated heterocycles. The Kier molecular flexibility index (Phi) is 7.62. The number of ether oxygens (including phenoxy) is 2. The second-order valence-corrected chi connectivity index (χ2v) is 8.91. The van der Waals surface area contributed by atoms with Gasteiger partial charge in [0.25, 0.3) is 5.91 Å². The number of amides is 1. The molecule has 0 radical (unpaired) electrons. The van der Waals surface area contributed by atoms with Crippen molar-refractivity contribution in [3.8, 4) is 5.75 Å². The average molecular weight is 470 g/mol. The topological polar surface area (TPSA) is 114 Å². The van der Waals surface area contributed by atoms with Crippen molar-refractivity contribution >= 4 is 44.6 Å². The van der Waals surface area contributed by atoms with Gasteiger partial charge in [-0.1, -0.05) is 48.5 Å². The van der Waals surface area contributed by atoms with Crippen LogP contribution in [0.2, 0.25) is 0 Å². The van der Waals surface area contributed by atoms with Gasteiger partial charge in [0.15, 0.2) is 6.61 Å². The largest absolute Gasteiger partial charge is 0.482 e. The number of nitrogens with zero attached hydrogens (tertiary/aromatic N) is 2. The summed E-state index contributed by atoms with van der Waals surface area (Å²) in [6, 6.07) is 19.3. The number of methoxy groups -OCH3 is 1. The van der Waals surface area contributed by atoms with Crippen LogP contribution >= 0.6 is 0 Å². The summed E-state index contributed by atoms with van der Waals surface area (Å²) in [7, 11) is -2.47. The predicted molar refractivity (Wildman–Crippen MR) is 126 cm³/mol. The fraction of sp³-hybridized carbons (Fsp3) is 0.174. The Bertz CT molecular complexity index is 1280. The second-order valence-electron chi connectivity index (χ2n) is 7.00. The van der Waals surface area contributed by atoms with Crippen LogP contribution in [0, 0.1) is 0 Å². The number of carbonyl (C=O) groups excluding carboxylic acids is 2. The highest BCUT2D eigenvalue weighted by Crippen LogP contribution is 2.28. The predicted octanol–water partition coefficient (Wildman–Crippen LogP) is 2.31. The number of nitrogens with one attached hydrogen (secondary N) is 1. The molecule has 0 atom stereocenters. The van der Waals surface area contributed by atoms with Crippen molar-refractivity contribution in [1.29, 1.82) is 0 Å². The van der Waals surface area contributed by atoms with Gasteiger partial charge in [0, 0.05) is 5.39 Å². The third kappa shape index (κ3) is 6.53. The van der Waals surface area contributed by atoms with Gasteiger partial charge in [0.1, 0.15) is 12.3 Å². The first kappa shape index (κ1) is 23.7. The number of hydrogen-bond acceptors (Lipinski definition) is 7. The van der Waals surface area contributed by atoms with Gasteiger partial charge in [-0.3, -0.25) is 9.10 Å². The van der Waals surface area contributed by atoms with E-state index in [1.807, 2.05) is 18.2 Å². The molecule has 0 aromatic heterocycles. The zero-order valence-corrected chi connectivity index (χ0v) is 18.9. The fourth-order valence-corrected chi connectivity index (χ4v) is 3.91. The van der Waals surface area contributed by atoms with Crippen LogP contribution in [0.5, 0.6) is 5.75 Å². The number of esters is 1. The van der Waals surface area contributed by atoms with Gasteiger partial charge in [0.2, 0.25) is 10.0 Å². The first-order valence-electron chi connectivity index (χ1n) is 9.85. The van der Waals surface area contributed by atoms with Gasteiger partial charge in [-0.15, -0.1) is 0 Å². The molecule has 0 unspecified atom stereocenters. The van der Waals surface area contributed by atoms with E-state index >= 15 is 0 Å². The smallest absolute Gasteiger partial charge is 0.343 e. The molecule has 0 aliphatic rings. The van der Waals surface area contributed by atoms with Crippen LogP contribution in [0.1, 0.15) is 5.56 Å². The Morgan fingerprint density at radius 3 is 2.55 bits per heavy atom. The zero-order valence-electron chi connectivity index (χ0n) is 18.1. The van der Waals surface area contributed by atoms with Gasteiger partial charge in [0.05, 0.1) is 25.3 Å². The summed E-state index contributed by atoms with van der Waals surface area (Å²) < 4.78 is 35.7. The summed E-state index contributed by atoms with van der Waals surface area (Å²) in [6.07, 6.45) is 2.43. The van der Waals surface area contributed by atoms with Crippen molar-refractivity contribution < 1.29 is 27.5 Å². The number of hydrogen-bond donors (Lipinski definition) is 1. The molecule has 0 heterocycles. The van der Waals surface area contributed by atoms with Crippen LogP contribution in [0.4, 0.5) is 5.69 Å². The van der Waals surface area contributed by atoms with Crippen LogP contribution < -0.4 is 14.5 Å². The van der Waals surface area contributed by atoms with E-state index in [4.69, 9.17) is 4.74 Å². The van der Waals surface area contributed by atoms with E-state index in [9.17, 15) is 18.0 Å². The molecule has 33 heavy (non-hydrogen) atoms. The van der Waals surface area contributed by atoms with Crippen molar-refractivity contribution in [2.75, 3.05) is 30.8 Å². The molecule has 0 aliphatic heterocycles. The fourth-order valence-electron chi connectivity index (χ4n) is 3.04. The minimum atomic E-state index is -3.74. The van der Waals surface area contributed by atoms with Crippen molar-refractivity contribution in [1.82, 2.24) is 5.43 Å². The van der Waals surface area contributed by atoms with Crippen LogP contribution in [0.25, 0.3) is 10.8 Å². The van der Waals surface area contributed by atoms with E-state index in [1.54, 1.807) is 48.5 Å². The molecule has 1 amide bonds. The van der Waals surface area contributed by atoms with E-state index in [0.29, 0.717) is 22.4 Å². The number of fused-ring (bicyclic) bond motifs is 1. The molecule has 10 heteroatoms. The summed E-state index contributed by atoms with van der Waals surface area (Å²) in [4.78, 5) is 23.7. The third-order valence-electron chi connectivity index (χ3n) is 4.57. The molecular weight excluding hydrogens is 446 g/mol. The number of benzene rings is 3. The molecular formula is C23H23N3O6S. The lowest BCUT2D eigenvalue weighted by atomic mass is 10.1. The third-order valence-corrected chi connectivity index (χ3v) is 5.69. The summed E-state index contributed by atoms with van der Waals surface area (Å²) >= 11 is 0. The minimum Gasteiger partial charge on any atom is -0.482 e. The quantitative estimate of drug-likeness (QED) is 0.292. The highest BCUT2D eigenvalue weighted by atomic mass is 32.2. The van der Waals surface area contributed by atoms with E-state index in [2.05, 4.69) is 15.3 Å². The van der Waals surface area contributed by atoms with Crippen LogP contribution in [-0.4, -0.2) is 53.0 Å². The maximum absolute atomic E-state index is 12.5. The first-order valence-corrected chi connectivity index (χ1v) is 11.7. The Morgan fingerprint density at radius 1 is 1.06 bits per heavy atom. The Morgan fingerprint density at radius 2 is 1.79 bits per heavy atom. The van der Waals surface area contributed by atoms with Gasteiger partial charge >= 0.3 is 5.97 Å². The lowest BCUT2D eigenvalue weighted by Gasteiger charge is -2.23.